The summed E-state index contributed by atoms with van der Waals surface area (Å²) in [6.07, 6.45) is 7.57. The first-order valence-corrected chi connectivity index (χ1v) is 11.2. The number of rotatable bonds is 5. The minimum atomic E-state index is -0.0811. The second-order valence-corrected chi connectivity index (χ2v) is 8.65. The summed E-state index contributed by atoms with van der Waals surface area (Å²) in [5, 5.41) is 4.98. The summed E-state index contributed by atoms with van der Waals surface area (Å²) in [5.74, 6) is 0. The molecule has 0 saturated carbocycles. The van der Waals surface area contributed by atoms with Crippen molar-refractivity contribution in [2.24, 2.45) is 0 Å². The number of nitrogens with one attached hydrogen (secondary N) is 1. The van der Waals surface area contributed by atoms with Gasteiger partial charge in [0.25, 0.3) is 0 Å². The van der Waals surface area contributed by atoms with E-state index >= 15 is 0 Å². The average molecular weight is 460 g/mol. The van der Waals surface area contributed by atoms with Crippen molar-refractivity contribution < 1.29 is 0 Å². The topological polar surface area (TPSA) is 46.0 Å². The minimum absolute atomic E-state index is 0.0522. The van der Waals surface area contributed by atoms with Crippen molar-refractivity contribution >= 4 is 28.9 Å². The molecule has 0 bridgehead atoms. The molecule has 0 spiro atoms. The molecular formula is C25H22ClN5S. The van der Waals surface area contributed by atoms with Gasteiger partial charge >= 0.3 is 0 Å². The van der Waals surface area contributed by atoms with E-state index in [0.29, 0.717) is 11.7 Å². The average Bonchev–Trinajstić information content (AvgIpc) is 3.42. The normalized spacial score (nSPS) is 18.1. The van der Waals surface area contributed by atoms with E-state index in [2.05, 4.69) is 55.2 Å². The molecule has 1 N–H and O–H groups in total. The van der Waals surface area contributed by atoms with Crippen LogP contribution in [-0.4, -0.2) is 24.5 Å². The third kappa shape index (κ3) is 3.87. The maximum Gasteiger partial charge on any atom is 0.170 e. The number of aromatic nitrogens is 3. The molecule has 5 nitrogen and oxygen atoms in total. The van der Waals surface area contributed by atoms with Gasteiger partial charge in [0.15, 0.2) is 5.11 Å². The van der Waals surface area contributed by atoms with E-state index in [9.17, 15) is 0 Å². The maximum absolute atomic E-state index is 6.29. The highest BCUT2D eigenvalue weighted by Crippen LogP contribution is 2.40. The fraction of sp³-hybridized carbons (Fsp3) is 0.160. The predicted molar refractivity (Wildman–Crippen MR) is 131 cm³/mol. The van der Waals surface area contributed by atoms with Crippen LogP contribution in [0.25, 0.3) is 5.69 Å². The van der Waals surface area contributed by atoms with Crippen LogP contribution in [0.15, 0.2) is 85.5 Å². The smallest absolute Gasteiger partial charge is 0.170 e. The zero-order valence-corrected chi connectivity index (χ0v) is 19.1. The van der Waals surface area contributed by atoms with Crippen LogP contribution in [0, 0.1) is 6.92 Å². The van der Waals surface area contributed by atoms with Crippen LogP contribution in [0.3, 0.4) is 0 Å². The number of hydrogen-bond acceptors (Lipinski definition) is 3. The Morgan fingerprint density at radius 1 is 1.06 bits per heavy atom. The number of thiocarbonyl (C=S) groups is 1. The molecule has 5 rings (SSSR count). The first-order chi connectivity index (χ1) is 15.6. The molecule has 160 valence electrons. The van der Waals surface area contributed by atoms with Gasteiger partial charge in [-0.2, -0.15) is 0 Å². The first-order valence-electron chi connectivity index (χ1n) is 10.4. The molecule has 4 heterocycles. The third-order valence-electron chi connectivity index (χ3n) is 5.78. The van der Waals surface area contributed by atoms with Gasteiger partial charge in [-0.05, 0) is 78.8 Å². The van der Waals surface area contributed by atoms with Crippen LogP contribution in [-0.2, 0) is 6.54 Å². The van der Waals surface area contributed by atoms with Gasteiger partial charge in [0.2, 0.25) is 0 Å². The number of halogens is 1. The summed E-state index contributed by atoms with van der Waals surface area (Å²) in [6, 6.07) is 20.2. The largest absolute Gasteiger partial charge is 0.352 e. The van der Waals surface area contributed by atoms with Crippen LogP contribution in [0.4, 0.5) is 0 Å². The van der Waals surface area contributed by atoms with Crippen molar-refractivity contribution in [3.05, 3.63) is 113 Å². The quantitative estimate of drug-likeness (QED) is 0.405. The standard InChI is InChI=1S/C25H22ClN5S/c1-17-14-19(9-10-20(17)26)30-13-5-8-22(30)24-23(21-7-2-3-12-28-21)29-25(32)31(24)16-18-6-4-11-27-15-18/h2-15,23-24H,16H2,1H3,(H,29,32). The number of aryl methyl sites for hydroxylation is 1. The van der Waals surface area contributed by atoms with Crippen molar-refractivity contribution in [3.63, 3.8) is 0 Å². The van der Waals surface area contributed by atoms with Crippen LogP contribution in [0.2, 0.25) is 5.02 Å². The van der Waals surface area contributed by atoms with Crippen LogP contribution in [0.1, 0.15) is 34.6 Å². The molecule has 1 aromatic carbocycles. The SMILES string of the molecule is Cc1cc(-n2cccc2C2C(c3ccccn3)NC(=S)N2Cc2cccnc2)ccc1Cl. The van der Waals surface area contributed by atoms with Gasteiger partial charge in [-0.15, -0.1) is 0 Å². The van der Waals surface area contributed by atoms with Gasteiger partial charge in [0.1, 0.15) is 0 Å². The van der Waals surface area contributed by atoms with E-state index in [1.807, 2.05) is 55.7 Å². The zero-order chi connectivity index (χ0) is 22.1. The lowest BCUT2D eigenvalue weighted by molar-refractivity contribution is 0.302. The third-order valence-corrected chi connectivity index (χ3v) is 6.55. The summed E-state index contributed by atoms with van der Waals surface area (Å²) in [4.78, 5) is 11.1. The maximum atomic E-state index is 6.29. The Hall–Kier alpha value is -3.22. The van der Waals surface area contributed by atoms with Crippen molar-refractivity contribution in [3.8, 4) is 5.69 Å². The molecule has 2 atom stereocenters. The molecule has 0 radical (unpaired) electrons. The number of pyridine rings is 2. The van der Waals surface area contributed by atoms with E-state index < -0.39 is 0 Å². The summed E-state index contributed by atoms with van der Waals surface area (Å²) < 4.78 is 2.20. The molecule has 4 aromatic rings. The van der Waals surface area contributed by atoms with Gasteiger partial charge in [0, 0.05) is 47.7 Å². The monoisotopic (exact) mass is 459 g/mol. The number of benzene rings is 1. The van der Waals surface area contributed by atoms with E-state index in [1.54, 1.807) is 6.20 Å². The highest BCUT2D eigenvalue weighted by Gasteiger charge is 2.41. The Bertz CT molecular complexity index is 1240. The van der Waals surface area contributed by atoms with Crippen molar-refractivity contribution in [2.75, 3.05) is 0 Å². The molecule has 7 heteroatoms. The minimum Gasteiger partial charge on any atom is -0.352 e. The van der Waals surface area contributed by atoms with Gasteiger partial charge in [0.05, 0.1) is 17.8 Å². The second kappa shape index (κ2) is 8.73. The summed E-state index contributed by atoms with van der Waals surface area (Å²) in [6.45, 7) is 2.67. The molecule has 3 aromatic heterocycles. The van der Waals surface area contributed by atoms with E-state index in [4.69, 9.17) is 23.8 Å². The van der Waals surface area contributed by atoms with Gasteiger partial charge < -0.3 is 14.8 Å². The van der Waals surface area contributed by atoms with E-state index in [1.165, 1.54) is 0 Å². The first kappa shape index (κ1) is 20.7. The number of hydrogen-bond donors (Lipinski definition) is 1. The Kier molecular flexibility index (Phi) is 5.64. The highest BCUT2D eigenvalue weighted by atomic mass is 35.5. The van der Waals surface area contributed by atoms with Crippen molar-refractivity contribution in [2.45, 2.75) is 25.6 Å². The Morgan fingerprint density at radius 3 is 2.72 bits per heavy atom. The predicted octanol–water partition coefficient (Wildman–Crippen LogP) is 5.40. The van der Waals surface area contributed by atoms with E-state index in [0.717, 1.165) is 33.2 Å². The number of nitrogens with zero attached hydrogens (tertiary/aromatic N) is 4. The van der Waals surface area contributed by atoms with Gasteiger partial charge in [-0.25, -0.2) is 0 Å². The molecular weight excluding hydrogens is 438 g/mol. The van der Waals surface area contributed by atoms with Gasteiger partial charge in [-0.1, -0.05) is 23.7 Å². The van der Waals surface area contributed by atoms with E-state index in [-0.39, 0.29) is 12.1 Å². The van der Waals surface area contributed by atoms with Crippen LogP contribution in [0.5, 0.6) is 0 Å². The molecule has 32 heavy (non-hydrogen) atoms. The lowest BCUT2D eigenvalue weighted by Crippen LogP contribution is -2.30. The highest BCUT2D eigenvalue weighted by molar-refractivity contribution is 7.80. The summed E-state index contributed by atoms with van der Waals surface area (Å²) in [7, 11) is 0. The molecule has 2 unspecified atom stereocenters. The van der Waals surface area contributed by atoms with Crippen LogP contribution < -0.4 is 5.32 Å². The summed E-state index contributed by atoms with van der Waals surface area (Å²) >= 11 is 12.1. The summed E-state index contributed by atoms with van der Waals surface area (Å²) in [5.41, 5.74) is 5.28. The lowest BCUT2D eigenvalue weighted by Gasteiger charge is -2.29. The Balaban J connectivity index is 1.61. The Morgan fingerprint density at radius 2 is 1.97 bits per heavy atom. The van der Waals surface area contributed by atoms with Crippen molar-refractivity contribution in [1.29, 1.82) is 0 Å². The molecule has 0 aliphatic carbocycles. The Labute approximate surface area is 197 Å². The lowest BCUT2D eigenvalue weighted by atomic mass is 10.0. The molecule has 1 fully saturated rings. The molecule has 1 aliphatic rings. The molecule has 1 saturated heterocycles. The fourth-order valence-corrected chi connectivity index (χ4v) is 4.66. The van der Waals surface area contributed by atoms with Crippen molar-refractivity contribution in [1.82, 2.24) is 24.8 Å². The van der Waals surface area contributed by atoms with Crippen LogP contribution >= 0.6 is 23.8 Å². The van der Waals surface area contributed by atoms with Gasteiger partial charge in [-0.3, -0.25) is 9.97 Å². The zero-order valence-electron chi connectivity index (χ0n) is 17.5. The molecule has 0 amide bonds. The second-order valence-electron chi connectivity index (χ2n) is 7.85. The molecule has 1 aliphatic heterocycles. The fourth-order valence-electron chi connectivity index (χ4n) is 4.23.